The number of nitrogens with two attached hydrogens (primary N) is 1. The third-order valence-electron chi connectivity index (χ3n) is 2.11. The number of nitrogens with one attached hydrogen (secondary N) is 1. The van der Waals surface area contributed by atoms with Crippen LogP contribution in [0.1, 0.15) is 5.69 Å². The number of benzene rings is 1. The summed E-state index contributed by atoms with van der Waals surface area (Å²) in [6.07, 6.45) is 2.93. The highest BCUT2D eigenvalue weighted by molar-refractivity contribution is 7.80. The van der Waals surface area contributed by atoms with Crippen LogP contribution in [0.2, 0.25) is 5.02 Å². The lowest BCUT2D eigenvalue weighted by Crippen LogP contribution is -2.15. The predicted octanol–water partition coefficient (Wildman–Crippen LogP) is 2.65. The van der Waals surface area contributed by atoms with Gasteiger partial charge in [-0.1, -0.05) is 23.8 Å². The van der Waals surface area contributed by atoms with Crippen molar-refractivity contribution in [3.63, 3.8) is 0 Å². The molecule has 0 radical (unpaired) electrons. The molecule has 0 spiro atoms. The lowest BCUT2D eigenvalue weighted by molar-refractivity contribution is 0.628. The second-order valence-corrected chi connectivity index (χ2v) is 4.21. The fraction of sp³-hybridized carbons (Fsp3) is 0. The summed E-state index contributed by atoms with van der Waals surface area (Å²) in [5, 5.41) is 3.21. The van der Waals surface area contributed by atoms with Crippen LogP contribution < -0.4 is 11.1 Å². The van der Waals surface area contributed by atoms with E-state index in [1.165, 1.54) is 30.6 Å². The number of thiocarbonyl (C=S) groups is 1. The van der Waals surface area contributed by atoms with Crippen LogP contribution in [0.15, 0.2) is 30.6 Å². The standard InChI is InChI=1S/C11H8ClFN4S/c12-7-2-1-6(13)5-8(7)17-11-9(10(14)18)15-3-4-16-11/h1-5H,(H2,14,18)(H,16,17). The summed E-state index contributed by atoms with van der Waals surface area (Å²) >= 11 is 10.8. The molecule has 0 unspecified atom stereocenters. The van der Waals surface area contributed by atoms with E-state index >= 15 is 0 Å². The maximum atomic E-state index is 13.1. The molecule has 2 rings (SSSR count). The van der Waals surface area contributed by atoms with Crippen molar-refractivity contribution in [3.8, 4) is 0 Å². The number of aromatic nitrogens is 2. The van der Waals surface area contributed by atoms with E-state index in [2.05, 4.69) is 15.3 Å². The Morgan fingerprint density at radius 2 is 2.06 bits per heavy atom. The van der Waals surface area contributed by atoms with E-state index in [1.54, 1.807) is 0 Å². The molecule has 1 aromatic carbocycles. The van der Waals surface area contributed by atoms with E-state index in [4.69, 9.17) is 29.6 Å². The summed E-state index contributed by atoms with van der Waals surface area (Å²) in [5.74, 6) is -0.0832. The van der Waals surface area contributed by atoms with Gasteiger partial charge in [-0.15, -0.1) is 0 Å². The minimum atomic E-state index is -0.414. The van der Waals surface area contributed by atoms with Crippen LogP contribution in [0.25, 0.3) is 0 Å². The summed E-state index contributed by atoms with van der Waals surface area (Å²) in [6.45, 7) is 0. The first kappa shape index (κ1) is 12.7. The number of rotatable bonds is 3. The van der Waals surface area contributed by atoms with Crippen LogP contribution in [0.5, 0.6) is 0 Å². The molecule has 92 valence electrons. The minimum Gasteiger partial charge on any atom is -0.388 e. The monoisotopic (exact) mass is 282 g/mol. The molecule has 1 aromatic heterocycles. The van der Waals surface area contributed by atoms with E-state index in [0.29, 0.717) is 22.2 Å². The molecular weight excluding hydrogens is 275 g/mol. The summed E-state index contributed by atoms with van der Waals surface area (Å²) in [5.41, 5.74) is 6.21. The van der Waals surface area contributed by atoms with E-state index in [1.807, 2.05) is 0 Å². The molecule has 2 aromatic rings. The smallest absolute Gasteiger partial charge is 0.159 e. The summed E-state index contributed by atoms with van der Waals surface area (Å²) in [4.78, 5) is 8.14. The van der Waals surface area contributed by atoms with E-state index in [9.17, 15) is 4.39 Å². The van der Waals surface area contributed by atoms with E-state index < -0.39 is 5.82 Å². The van der Waals surface area contributed by atoms with Gasteiger partial charge in [0.05, 0.1) is 10.7 Å². The van der Waals surface area contributed by atoms with Crippen molar-refractivity contribution >= 4 is 40.3 Å². The van der Waals surface area contributed by atoms with Gasteiger partial charge in [0.25, 0.3) is 0 Å². The molecule has 0 aliphatic heterocycles. The van der Waals surface area contributed by atoms with Gasteiger partial charge in [0, 0.05) is 12.4 Å². The number of halogens is 2. The van der Waals surface area contributed by atoms with E-state index in [0.717, 1.165) is 0 Å². The van der Waals surface area contributed by atoms with Gasteiger partial charge in [-0.05, 0) is 18.2 Å². The normalized spacial score (nSPS) is 10.1. The highest BCUT2D eigenvalue weighted by Gasteiger charge is 2.10. The molecule has 7 heteroatoms. The summed E-state index contributed by atoms with van der Waals surface area (Å²) in [6, 6.07) is 3.95. The van der Waals surface area contributed by atoms with Crippen molar-refractivity contribution in [1.29, 1.82) is 0 Å². The lowest BCUT2D eigenvalue weighted by Gasteiger charge is -2.10. The van der Waals surface area contributed by atoms with Gasteiger partial charge in [-0.2, -0.15) is 0 Å². The second kappa shape index (κ2) is 5.24. The molecule has 0 aliphatic carbocycles. The third kappa shape index (κ3) is 2.72. The summed E-state index contributed by atoms with van der Waals surface area (Å²) < 4.78 is 13.1. The van der Waals surface area contributed by atoms with Gasteiger partial charge < -0.3 is 11.1 Å². The number of anilines is 2. The molecular formula is C11H8ClFN4S. The van der Waals surface area contributed by atoms with Crippen molar-refractivity contribution in [2.45, 2.75) is 0 Å². The third-order valence-corrected chi connectivity index (χ3v) is 2.64. The van der Waals surface area contributed by atoms with E-state index in [-0.39, 0.29) is 4.99 Å². The number of hydrogen-bond acceptors (Lipinski definition) is 4. The Bertz CT molecular complexity index is 605. The van der Waals surface area contributed by atoms with Gasteiger partial charge in [0.2, 0.25) is 0 Å². The molecule has 0 amide bonds. The zero-order valence-electron chi connectivity index (χ0n) is 9.02. The molecule has 3 N–H and O–H groups in total. The SMILES string of the molecule is NC(=S)c1nccnc1Nc1cc(F)ccc1Cl. The average molecular weight is 283 g/mol. The van der Waals surface area contributed by atoms with Crippen molar-refractivity contribution in [3.05, 3.63) is 47.1 Å². The predicted molar refractivity (Wildman–Crippen MR) is 72.6 cm³/mol. The van der Waals surface area contributed by atoms with Crippen molar-refractivity contribution < 1.29 is 4.39 Å². The lowest BCUT2D eigenvalue weighted by atomic mass is 10.3. The Morgan fingerprint density at radius 1 is 1.33 bits per heavy atom. The molecule has 18 heavy (non-hydrogen) atoms. The zero-order chi connectivity index (χ0) is 13.1. The van der Waals surface area contributed by atoms with Crippen molar-refractivity contribution in [2.75, 3.05) is 5.32 Å². The highest BCUT2D eigenvalue weighted by Crippen LogP contribution is 2.26. The molecule has 0 aliphatic rings. The zero-order valence-corrected chi connectivity index (χ0v) is 10.6. The van der Waals surface area contributed by atoms with Gasteiger partial charge in [0.1, 0.15) is 16.5 Å². The first-order valence-electron chi connectivity index (χ1n) is 4.91. The number of hydrogen-bond donors (Lipinski definition) is 2. The van der Waals surface area contributed by atoms with Crippen molar-refractivity contribution in [2.24, 2.45) is 5.73 Å². The van der Waals surface area contributed by atoms with Crippen LogP contribution in [-0.2, 0) is 0 Å². The van der Waals surface area contributed by atoms with Gasteiger partial charge >= 0.3 is 0 Å². The molecule has 0 fully saturated rings. The average Bonchev–Trinajstić information content (AvgIpc) is 2.34. The van der Waals surface area contributed by atoms with Crippen LogP contribution in [0.3, 0.4) is 0 Å². The minimum absolute atomic E-state index is 0.0955. The molecule has 4 nitrogen and oxygen atoms in total. The Labute approximate surface area is 113 Å². The molecule has 0 saturated heterocycles. The van der Waals surface area contributed by atoms with Crippen LogP contribution in [0.4, 0.5) is 15.9 Å². The van der Waals surface area contributed by atoms with Gasteiger partial charge in [0.15, 0.2) is 5.82 Å². The first-order chi connectivity index (χ1) is 8.58. The summed E-state index contributed by atoms with van der Waals surface area (Å²) in [7, 11) is 0. The fourth-order valence-electron chi connectivity index (χ4n) is 1.33. The Balaban J connectivity index is 2.40. The number of nitrogens with zero attached hydrogens (tertiary/aromatic N) is 2. The Hall–Kier alpha value is -1.79. The van der Waals surface area contributed by atoms with Gasteiger partial charge in [-0.25, -0.2) is 14.4 Å². The molecule has 0 bridgehead atoms. The molecule has 0 atom stereocenters. The molecule has 0 saturated carbocycles. The largest absolute Gasteiger partial charge is 0.388 e. The quantitative estimate of drug-likeness (QED) is 0.848. The van der Waals surface area contributed by atoms with Gasteiger partial charge in [-0.3, -0.25) is 0 Å². The molecule has 1 heterocycles. The second-order valence-electron chi connectivity index (χ2n) is 3.37. The maximum absolute atomic E-state index is 13.1. The Kier molecular flexibility index (Phi) is 3.69. The highest BCUT2D eigenvalue weighted by atomic mass is 35.5. The van der Waals surface area contributed by atoms with Crippen LogP contribution in [0, 0.1) is 5.82 Å². The topological polar surface area (TPSA) is 63.8 Å². The Morgan fingerprint density at radius 3 is 2.78 bits per heavy atom. The van der Waals surface area contributed by atoms with Crippen molar-refractivity contribution in [1.82, 2.24) is 9.97 Å². The maximum Gasteiger partial charge on any atom is 0.159 e. The van der Waals surface area contributed by atoms with Crippen LogP contribution >= 0.6 is 23.8 Å². The van der Waals surface area contributed by atoms with Crippen LogP contribution in [-0.4, -0.2) is 15.0 Å². The fourth-order valence-corrected chi connectivity index (χ4v) is 1.64. The first-order valence-corrected chi connectivity index (χ1v) is 5.69.